The van der Waals surface area contributed by atoms with Crippen LogP contribution in [0.1, 0.15) is 48.0 Å². The van der Waals surface area contributed by atoms with Crippen LogP contribution in [0.4, 0.5) is 11.4 Å². The molecule has 1 fully saturated rings. The second-order valence-corrected chi connectivity index (χ2v) is 12.2. The van der Waals surface area contributed by atoms with E-state index in [9.17, 15) is 18.0 Å². The van der Waals surface area contributed by atoms with E-state index in [4.69, 9.17) is 0 Å². The van der Waals surface area contributed by atoms with Gasteiger partial charge in [0.15, 0.2) is 0 Å². The maximum Gasteiger partial charge on any atom is 0.264 e. The zero-order chi connectivity index (χ0) is 27.1. The number of para-hydroxylation sites is 1. The molecule has 0 unspecified atom stereocenters. The van der Waals surface area contributed by atoms with Gasteiger partial charge in [-0.25, -0.2) is 8.42 Å². The molecule has 200 valence electrons. The van der Waals surface area contributed by atoms with E-state index in [1.54, 1.807) is 72.8 Å². The Hall–Kier alpha value is -3.30. The van der Waals surface area contributed by atoms with Gasteiger partial charge in [-0.2, -0.15) is 0 Å². The number of nitrogens with one attached hydrogen (secondary N) is 2. The van der Waals surface area contributed by atoms with Gasteiger partial charge in [-0.15, -0.1) is 11.8 Å². The third-order valence-corrected chi connectivity index (χ3v) is 9.17. The lowest BCUT2D eigenvalue weighted by atomic mass is 9.95. The number of sulfonamides is 1. The molecular formula is C29H33N3O4S2. The number of aryl methyl sites for hydroxylation is 1. The minimum Gasteiger partial charge on any atom is -0.349 e. The molecule has 1 saturated carbocycles. The summed E-state index contributed by atoms with van der Waals surface area (Å²) in [4.78, 5) is 27.3. The van der Waals surface area contributed by atoms with Gasteiger partial charge in [-0.3, -0.25) is 13.9 Å². The Balaban J connectivity index is 1.57. The quantitative estimate of drug-likeness (QED) is 0.337. The average Bonchev–Trinajstić information content (AvgIpc) is 2.93. The molecule has 4 rings (SSSR count). The summed E-state index contributed by atoms with van der Waals surface area (Å²) in [5.41, 5.74) is 2.04. The van der Waals surface area contributed by atoms with Crippen molar-refractivity contribution >= 4 is 45.0 Å². The van der Waals surface area contributed by atoms with Crippen LogP contribution in [-0.2, 0) is 14.8 Å². The molecule has 0 saturated heterocycles. The van der Waals surface area contributed by atoms with Crippen molar-refractivity contribution < 1.29 is 18.0 Å². The first kappa shape index (κ1) is 27.7. The van der Waals surface area contributed by atoms with Gasteiger partial charge in [0.05, 0.1) is 21.8 Å². The molecule has 0 atom stereocenters. The highest BCUT2D eigenvalue weighted by Crippen LogP contribution is 2.26. The molecule has 3 aromatic rings. The largest absolute Gasteiger partial charge is 0.349 e. The normalized spacial score (nSPS) is 14.1. The molecule has 0 heterocycles. The highest BCUT2D eigenvalue weighted by atomic mass is 32.2. The van der Waals surface area contributed by atoms with Gasteiger partial charge >= 0.3 is 0 Å². The van der Waals surface area contributed by atoms with Crippen LogP contribution in [0.25, 0.3) is 0 Å². The zero-order valence-electron chi connectivity index (χ0n) is 21.6. The SMILES string of the molecule is CSc1ccc(S(=O)(=O)N(CC(=O)Nc2ccccc2C(=O)NC2CCCCC2)c2ccc(C)cc2)cc1. The van der Waals surface area contributed by atoms with Crippen molar-refractivity contribution in [1.29, 1.82) is 0 Å². The van der Waals surface area contributed by atoms with Crippen LogP contribution in [0.5, 0.6) is 0 Å². The van der Waals surface area contributed by atoms with Crippen LogP contribution in [0.3, 0.4) is 0 Å². The molecule has 0 aromatic heterocycles. The number of carbonyl (C=O) groups is 2. The number of hydrogen-bond acceptors (Lipinski definition) is 5. The van der Waals surface area contributed by atoms with Gasteiger partial charge < -0.3 is 10.6 Å². The van der Waals surface area contributed by atoms with Crippen molar-refractivity contribution in [3.05, 3.63) is 83.9 Å². The zero-order valence-corrected chi connectivity index (χ0v) is 23.3. The number of hydrogen-bond donors (Lipinski definition) is 2. The van der Waals surface area contributed by atoms with Crippen LogP contribution < -0.4 is 14.9 Å². The monoisotopic (exact) mass is 551 g/mol. The molecule has 1 aliphatic rings. The predicted molar refractivity (Wildman–Crippen MR) is 153 cm³/mol. The number of benzene rings is 3. The first-order valence-electron chi connectivity index (χ1n) is 12.7. The highest BCUT2D eigenvalue weighted by molar-refractivity contribution is 7.98. The van der Waals surface area contributed by atoms with Crippen molar-refractivity contribution in [3.8, 4) is 0 Å². The van der Waals surface area contributed by atoms with Crippen molar-refractivity contribution in [2.75, 3.05) is 22.4 Å². The van der Waals surface area contributed by atoms with E-state index in [1.165, 1.54) is 18.2 Å². The fourth-order valence-electron chi connectivity index (χ4n) is 4.52. The molecule has 3 aromatic carbocycles. The summed E-state index contributed by atoms with van der Waals surface area (Å²) < 4.78 is 28.5. The van der Waals surface area contributed by atoms with Crippen molar-refractivity contribution in [2.45, 2.75) is 54.9 Å². The standard InChI is InChI=1S/C29H33N3O4S2/c1-21-12-14-23(15-13-21)32(38(35,36)25-18-16-24(37-2)17-19-25)20-28(33)31-27-11-7-6-10-26(27)29(34)30-22-8-4-3-5-9-22/h6-7,10-19,22H,3-5,8-9,20H2,1-2H3,(H,30,34)(H,31,33). The Morgan fingerprint density at radius 1 is 0.921 bits per heavy atom. The van der Waals surface area contributed by atoms with E-state index < -0.39 is 22.5 Å². The van der Waals surface area contributed by atoms with Crippen LogP contribution in [0, 0.1) is 6.92 Å². The second kappa shape index (κ2) is 12.5. The summed E-state index contributed by atoms with van der Waals surface area (Å²) in [6, 6.07) is 20.5. The molecule has 1 aliphatic carbocycles. The van der Waals surface area contributed by atoms with E-state index >= 15 is 0 Å². The summed E-state index contributed by atoms with van der Waals surface area (Å²) in [5.74, 6) is -0.794. The van der Waals surface area contributed by atoms with Crippen LogP contribution in [-0.4, -0.2) is 39.1 Å². The molecule has 0 aliphatic heterocycles. The molecular weight excluding hydrogens is 518 g/mol. The third-order valence-electron chi connectivity index (χ3n) is 6.64. The number of thioether (sulfide) groups is 1. The third kappa shape index (κ3) is 6.76. The second-order valence-electron chi connectivity index (χ2n) is 9.42. The van der Waals surface area contributed by atoms with Gasteiger partial charge in [-0.1, -0.05) is 49.1 Å². The minimum atomic E-state index is -4.04. The number of anilines is 2. The van der Waals surface area contributed by atoms with Crippen LogP contribution in [0.2, 0.25) is 0 Å². The Kier molecular flexibility index (Phi) is 9.12. The van der Waals surface area contributed by atoms with E-state index in [2.05, 4.69) is 10.6 Å². The summed E-state index contributed by atoms with van der Waals surface area (Å²) in [6.07, 6.45) is 7.17. The number of nitrogens with zero attached hydrogens (tertiary/aromatic N) is 1. The number of carbonyl (C=O) groups excluding carboxylic acids is 2. The van der Waals surface area contributed by atoms with Gasteiger partial charge in [0, 0.05) is 10.9 Å². The lowest BCUT2D eigenvalue weighted by Gasteiger charge is -2.25. The Bertz CT molecular complexity index is 1370. The van der Waals surface area contributed by atoms with Gasteiger partial charge in [0.1, 0.15) is 6.54 Å². The van der Waals surface area contributed by atoms with Gasteiger partial charge in [0.25, 0.3) is 15.9 Å². The Labute approximate surface area is 229 Å². The van der Waals surface area contributed by atoms with E-state index in [-0.39, 0.29) is 16.8 Å². The Morgan fingerprint density at radius 2 is 1.58 bits per heavy atom. The lowest BCUT2D eigenvalue weighted by Crippen LogP contribution is -2.39. The molecule has 0 bridgehead atoms. The first-order valence-corrected chi connectivity index (χ1v) is 15.4. The topological polar surface area (TPSA) is 95.6 Å². The Morgan fingerprint density at radius 3 is 2.24 bits per heavy atom. The van der Waals surface area contributed by atoms with Crippen molar-refractivity contribution in [3.63, 3.8) is 0 Å². The summed E-state index contributed by atoms with van der Waals surface area (Å²) >= 11 is 1.52. The van der Waals surface area contributed by atoms with Crippen LogP contribution >= 0.6 is 11.8 Å². The summed E-state index contributed by atoms with van der Waals surface area (Å²) in [7, 11) is -4.04. The van der Waals surface area contributed by atoms with E-state index in [1.807, 2.05) is 13.2 Å². The maximum atomic E-state index is 13.7. The van der Waals surface area contributed by atoms with Gasteiger partial charge in [0.2, 0.25) is 5.91 Å². The smallest absolute Gasteiger partial charge is 0.264 e. The maximum absolute atomic E-state index is 13.7. The number of amides is 2. The van der Waals surface area contributed by atoms with E-state index in [0.29, 0.717) is 16.9 Å². The van der Waals surface area contributed by atoms with Crippen molar-refractivity contribution in [2.24, 2.45) is 0 Å². The van der Waals surface area contributed by atoms with Crippen LogP contribution in [0.15, 0.2) is 82.6 Å². The summed E-state index contributed by atoms with van der Waals surface area (Å²) in [5, 5.41) is 5.85. The number of rotatable bonds is 9. The fourth-order valence-corrected chi connectivity index (χ4v) is 6.35. The average molecular weight is 552 g/mol. The first-order chi connectivity index (χ1) is 18.3. The molecule has 38 heavy (non-hydrogen) atoms. The summed E-state index contributed by atoms with van der Waals surface area (Å²) in [6.45, 7) is 1.46. The lowest BCUT2D eigenvalue weighted by molar-refractivity contribution is -0.114. The minimum absolute atomic E-state index is 0.0935. The highest BCUT2D eigenvalue weighted by Gasteiger charge is 2.28. The predicted octanol–water partition coefficient (Wildman–Crippen LogP) is 5.61. The molecule has 7 nitrogen and oxygen atoms in total. The molecule has 0 radical (unpaired) electrons. The van der Waals surface area contributed by atoms with E-state index in [0.717, 1.165) is 40.4 Å². The van der Waals surface area contributed by atoms with Crippen molar-refractivity contribution in [1.82, 2.24) is 5.32 Å². The fraction of sp³-hybridized carbons (Fsp3) is 0.310. The molecule has 2 amide bonds. The molecule has 9 heteroatoms. The molecule has 2 N–H and O–H groups in total. The van der Waals surface area contributed by atoms with Gasteiger partial charge in [-0.05, 0) is 74.6 Å². The molecule has 0 spiro atoms.